The van der Waals surface area contributed by atoms with E-state index < -0.39 is 0 Å². The maximum Gasteiger partial charge on any atom is 0.170 e. The topological polar surface area (TPSA) is 25.8 Å². The van der Waals surface area contributed by atoms with Gasteiger partial charge >= 0.3 is 0 Å². The fourth-order valence-corrected chi connectivity index (χ4v) is 1.90. The molecule has 0 atom stereocenters. The van der Waals surface area contributed by atoms with Gasteiger partial charge in [0.15, 0.2) is 5.15 Å². The van der Waals surface area contributed by atoms with Crippen LogP contribution in [0, 0.1) is 0 Å². The predicted octanol–water partition coefficient (Wildman–Crippen LogP) is 4.24. The van der Waals surface area contributed by atoms with Crippen molar-refractivity contribution in [3.8, 4) is 0 Å². The van der Waals surface area contributed by atoms with E-state index in [1.807, 2.05) is 0 Å². The lowest BCUT2D eigenvalue weighted by molar-refractivity contribution is 1.08. The molecule has 0 aliphatic rings. The van der Waals surface area contributed by atoms with Crippen molar-refractivity contribution in [1.29, 1.82) is 0 Å². The van der Waals surface area contributed by atoms with Crippen LogP contribution in [-0.2, 0) is 0 Å². The summed E-state index contributed by atoms with van der Waals surface area (Å²) in [5.74, 6) is 0. The summed E-state index contributed by atoms with van der Waals surface area (Å²) in [5.41, 5.74) is 0.564. The molecule has 0 spiro atoms. The summed E-state index contributed by atoms with van der Waals surface area (Å²) in [6.45, 7) is 0. The summed E-state index contributed by atoms with van der Waals surface area (Å²) < 4.78 is 0. The van der Waals surface area contributed by atoms with E-state index in [0.717, 1.165) is 0 Å². The highest BCUT2D eigenvalue weighted by Gasteiger charge is 2.12. The van der Waals surface area contributed by atoms with Gasteiger partial charge in [0, 0.05) is 5.39 Å². The zero-order chi connectivity index (χ0) is 10.3. The molecule has 6 heteroatoms. The third kappa shape index (κ3) is 1.52. The molecular formula is C8H2Cl4N2. The fourth-order valence-electron chi connectivity index (χ4n) is 1.08. The first-order valence-electron chi connectivity index (χ1n) is 3.56. The van der Waals surface area contributed by atoms with Crippen molar-refractivity contribution >= 4 is 57.3 Å². The number of rotatable bonds is 0. The van der Waals surface area contributed by atoms with Gasteiger partial charge in [0.1, 0.15) is 0 Å². The standard InChI is InChI=1S/C8H2Cl4N2/c9-3-1-2-4-5(6(3)10)7(11)8(12)14-13-4/h1-2H. The average Bonchev–Trinajstić information content (AvgIpc) is 2.17. The Labute approximate surface area is 99.7 Å². The summed E-state index contributed by atoms with van der Waals surface area (Å²) in [6, 6.07) is 3.31. The molecule has 0 saturated heterocycles. The summed E-state index contributed by atoms with van der Waals surface area (Å²) >= 11 is 23.4. The van der Waals surface area contributed by atoms with E-state index in [-0.39, 0.29) is 10.2 Å². The van der Waals surface area contributed by atoms with E-state index in [2.05, 4.69) is 10.2 Å². The molecule has 0 radical (unpaired) electrons. The smallest absolute Gasteiger partial charge is 0.149 e. The zero-order valence-electron chi connectivity index (χ0n) is 6.56. The minimum Gasteiger partial charge on any atom is -0.149 e. The van der Waals surface area contributed by atoms with Crippen molar-refractivity contribution in [1.82, 2.24) is 10.2 Å². The molecule has 0 amide bonds. The van der Waals surface area contributed by atoms with Crippen molar-refractivity contribution in [2.45, 2.75) is 0 Å². The maximum absolute atomic E-state index is 5.96. The lowest BCUT2D eigenvalue weighted by Crippen LogP contribution is -1.87. The molecule has 2 aromatic rings. The van der Waals surface area contributed by atoms with E-state index >= 15 is 0 Å². The van der Waals surface area contributed by atoms with Gasteiger partial charge in [-0.3, -0.25) is 0 Å². The molecule has 14 heavy (non-hydrogen) atoms. The monoisotopic (exact) mass is 266 g/mol. The Morgan fingerprint density at radius 3 is 2.29 bits per heavy atom. The van der Waals surface area contributed by atoms with Crippen molar-refractivity contribution in [2.75, 3.05) is 0 Å². The third-order valence-corrected chi connectivity index (χ3v) is 3.25. The first-order chi connectivity index (χ1) is 6.61. The van der Waals surface area contributed by atoms with Gasteiger partial charge in [-0.2, -0.15) is 0 Å². The van der Waals surface area contributed by atoms with Crippen LogP contribution >= 0.6 is 46.4 Å². The Bertz CT molecular complexity index is 469. The molecule has 0 fully saturated rings. The number of halogens is 4. The second-order valence-corrected chi connectivity index (χ2v) is 4.08. The zero-order valence-corrected chi connectivity index (χ0v) is 9.58. The van der Waals surface area contributed by atoms with Gasteiger partial charge in [-0.05, 0) is 12.1 Å². The second kappa shape index (κ2) is 3.70. The second-order valence-electron chi connectivity index (χ2n) is 2.56. The molecule has 0 saturated carbocycles. The summed E-state index contributed by atoms with van der Waals surface area (Å²) in [7, 11) is 0. The number of benzene rings is 1. The molecule has 0 unspecified atom stereocenters. The van der Waals surface area contributed by atoms with E-state index in [1.165, 1.54) is 0 Å². The SMILES string of the molecule is Clc1ccc2nnc(Cl)c(Cl)c2c1Cl. The lowest BCUT2D eigenvalue weighted by atomic mass is 10.2. The van der Waals surface area contributed by atoms with Gasteiger partial charge < -0.3 is 0 Å². The number of aromatic nitrogens is 2. The predicted molar refractivity (Wildman–Crippen MR) is 59.6 cm³/mol. The normalized spacial score (nSPS) is 10.9. The minimum absolute atomic E-state index is 0.114. The van der Waals surface area contributed by atoms with Crippen molar-refractivity contribution in [2.24, 2.45) is 0 Å². The molecule has 2 rings (SSSR count). The molecule has 0 N–H and O–H groups in total. The fraction of sp³-hybridized carbons (Fsp3) is 0. The van der Waals surface area contributed by atoms with Gasteiger partial charge in [0.05, 0.1) is 20.6 Å². The van der Waals surface area contributed by atoms with Crippen LogP contribution in [0.4, 0.5) is 0 Å². The van der Waals surface area contributed by atoms with Crippen LogP contribution in [0.25, 0.3) is 10.9 Å². The molecule has 1 aromatic heterocycles. The average molecular weight is 268 g/mol. The highest BCUT2D eigenvalue weighted by molar-refractivity contribution is 6.50. The Morgan fingerprint density at radius 1 is 0.857 bits per heavy atom. The molecule has 0 aliphatic heterocycles. The molecule has 2 nitrogen and oxygen atoms in total. The molecule has 1 heterocycles. The van der Waals surface area contributed by atoms with E-state index in [9.17, 15) is 0 Å². The number of hydrogen-bond acceptors (Lipinski definition) is 2. The van der Waals surface area contributed by atoms with Gasteiger partial charge in [0.2, 0.25) is 0 Å². The maximum atomic E-state index is 5.96. The van der Waals surface area contributed by atoms with Crippen LogP contribution in [0.1, 0.15) is 0 Å². The minimum atomic E-state index is 0.114. The van der Waals surface area contributed by atoms with E-state index in [0.29, 0.717) is 20.9 Å². The van der Waals surface area contributed by atoms with Gasteiger partial charge in [-0.1, -0.05) is 46.4 Å². The first-order valence-corrected chi connectivity index (χ1v) is 5.08. The van der Waals surface area contributed by atoms with E-state index in [1.54, 1.807) is 12.1 Å². The summed E-state index contributed by atoms with van der Waals surface area (Å²) in [6.07, 6.45) is 0. The third-order valence-electron chi connectivity index (χ3n) is 1.72. The number of fused-ring (bicyclic) bond motifs is 1. The van der Waals surface area contributed by atoms with Crippen molar-refractivity contribution < 1.29 is 0 Å². The van der Waals surface area contributed by atoms with Crippen molar-refractivity contribution in [3.63, 3.8) is 0 Å². The van der Waals surface area contributed by atoms with Crippen LogP contribution in [0.15, 0.2) is 12.1 Å². The lowest BCUT2D eigenvalue weighted by Gasteiger charge is -2.03. The largest absolute Gasteiger partial charge is 0.170 e. The highest BCUT2D eigenvalue weighted by Crippen LogP contribution is 2.36. The number of nitrogens with zero attached hydrogens (tertiary/aromatic N) is 2. The van der Waals surface area contributed by atoms with Crippen LogP contribution in [0.3, 0.4) is 0 Å². The van der Waals surface area contributed by atoms with Crippen LogP contribution < -0.4 is 0 Å². The Balaban J connectivity index is 2.98. The Hall–Kier alpha value is -0.280. The van der Waals surface area contributed by atoms with E-state index in [4.69, 9.17) is 46.4 Å². The Morgan fingerprint density at radius 2 is 1.57 bits per heavy atom. The first kappa shape index (κ1) is 10.2. The summed E-state index contributed by atoms with van der Waals surface area (Å²) in [4.78, 5) is 0. The molecular weight excluding hydrogens is 266 g/mol. The molecule has 0 aliphatic carbocycles. The summed E-state index contributed by atoms with van der Waals surface area (Å²) in [5, 5.41) is 9.15. The highest BCUT2D eigenvalue weighted by atomic mass is 35.5. The molecule has 72 valence electrons. The van der Waals surface area contributed by atoms with Gasteiger partial charge in [0.25, 0.3) is 0 Å². The van der Waals surface area contributed by atoms with Gasteiger partial charge in [-0.15, -0.1) is 10.2 Å². The van der Waals surface area contributed by atoms with Crippen LogP contribution in [-0.4, -0.2) is 10.2 Å². The van der Waals surface area contributed by atoms with Crippen LogP contribution in [0.2, 0.25) is 20.2 Å². The molecule has 1 aromatic carbocycles. The van der Waals surface area contributed by atoms with Crippen LogP contribution in [0.5, 0.6) is 0 Å². The van der Waals surface area contributed by atoms with Gasteiger partial charge in [-0.25, -0.2) is 0 Å². The quantitative estimate of drug-likeness (QED) is 0.713. The Kier molecular flexibility index (Phi) is 2.71. The van der Waals surface area contributed by atoms with Crippen molar-refractivity contribution in [3.05, 3.63) is 32.4 Å². The molecule has 0 bridgehead atoms. The number of hydrogen-bond donors (Lipinski definition) is 0.